The first-order valence-corrected chi connectivity index (χ1v) is 9.58. The normalized spacial score (nSPS) is 26.2. The molecule has 130 valence electrons. The van der Waals surface area contributed by atoms with Gasteiger partial charge in [0.25, 0.3) is 0 Å². The van der Waals surface area contributed by atoms with E-state index in [-0.39, 0.29) is 10.8 Å². The molecule has 2 heterocycles. The molecule has 0 aromatic heterocycles. The van der Waals surface area contributed by atoms with E-state index >= 15 is 0 Å². The maximum absolute atomic E-state index is 4.19. The molecule has 3 rings (SSSR count). The second-order valence-electron chi connectivity index (χ2n) is 8.10. The maximum Gasteiger partial charge on any atom is 0.0929 e. The molecule has 24 heavy (non-hydrogen) atoms. The number of halogens is 1. The average Bonchev–Trinajstić information content (AvgIpc) is 3.00. The largest absolute Gasteiger partial charge is 0.351 e. The highest BCUT2D eigenvalue weighted by molar-refractivity contribution is 9.10. The molecule has 0 aliphatic carbocycles. The summed E-state index contributed by atoms with van der Waals surface area (Å²) in [7, 11) is 2.27. The molecule has 1 saturated heterocycles. The zero-order valence-electron chi connectivity index (χ0n) is 15.6. The molecule has 0 amide bonds. The molecular formula is C21H29BrN2. The predicted molar refractivity (Wildman–Crippen MR) is 108 cm³/mol. The third-order valence-corrected chi connectivity index (χ3v) is 6.61. The van der Waals surface area contributed by atoms with Crippen LogP contribution in [0.5, 0.6) is 0 Å². The molecule has 0 bridgehead atoms. The number of benzene rings is 1. The fourth-order valence-corrected chi connectivity index (χ4v) is 5.02. The van der Waals surface area contributed by atoms with Crippen molar-refractivity contribution >= 4 is 21.6 Å². The number of rotatable bonds is 4. The van der Waals surface area contributed by atoms with Crippen molar-refractivity contribution in [2.24, 2.45) is 5.41 Å². The smallest absolute Gasteiger partial charge is 0.0929 e. The lowest BCUT2D eigenvalue weighted by atomic mass is 9.60. The molecule has 2 nitrogen and oxygen atoms in total. The Kier molecular flexibility index (Phi) is 4.46. The molecule has 3 heteroatoms. The Hall–Kier alpha value is -1.06. The van der Waals surface area contributed by atoms with Crippen molar-refractivity contribution in [3.8, 4) is 0 Å². The highest BCUT2D eigenvalue weighted by atomic mass is 79.9. The Labute approximate surface area is 155 Å². The van der Waals surface area contributed by atoms with Crippen molar-refractivity contribution in [3.63, 3.8) is 0 Å². The summed E-state index contributed by atoms with van der Waals surface area (Å²) in [4.78, 5) is 5.11. The highest BCUT2D eigenvalue weighted by Gasteiger charge is 2.61. The van der Waals surface area contributed by atoms with Crippen LogP contribution in [-0.4, -0.2) is 31.2 Å². The van der Waals surface area contributed by atoms with E-state index in [0.717, 1.165) is 17.6 Å². The van der Waals surface area contributed by atoms with E-state index in [1.807, 2.05) is 0 Å². The van der Waals surface area contributed by atoms with Gasteiger partial charge in [-0.15, -0.1) is 6.58 Å². The number of hydrogen-bond acceptors (Lipinski definition) is 2. The van der Waals surface area contributed by atoms with Gasteiger partial charge < -0.3 is 4.90 Å². The lowest BCUT2D eigenvalue weighted by molar-refractivity contribution is 0.161. The molecule has 0 radical (unpaired) electrons. The SMILES string of the molecule is C=CC(C)(C)C12CCN(C)C1N(CC=C(C)C)c1cc(Br)ccc12. The lowest BCUT2D eigenvalue weighted by Gasteiger charge is -2.45. The zero-order valence-corrected chi connectivity index (χ0v) is 17.2. The van der Waals surface area contributed by atoms with Crippen LogP contribution in [0.2, 0.25) is 0 Å². The van der Waals surface area contributed by atoms with Crippen LogP contribution in [-0.2, 0) is 5.41 Å². The van der Waals surface area contributed by atoms with Crippen molar-refractivity contribution in [2.45, 2.75) is 45.7 Å². The van der Waals surface area contributed by atoms with Crippen molar-refractivity contribution in [1.82, 2.24) is 4.90 Å². The topological polar surface area (TPSA) is 6.48 Å². The molecule has 2 aliphatic heterocycles. The molecule has 2 aliphatic rings. The molecule has 1 fully saturated rings. The second kappa shape index (κ2) is 6.03. The lowest BCUT2D eigenvalue weighted by Crippen LogP contribution is -2.54. The van der Waals surface area contributed by atoms with Gasteiger partial charge in [0.1, 0.15) is 0 Å². The van der Waals surface area contributed by atoms with E-state index < -0.39 is 0 Å². The predicted octanol–water partition coefficient (Wildman–Crippen LogP) is 5.35. The fraction of sp³-hybridized carbons (Fsp3) is 0.524. The van der Waals surface area contributed by atoms with Crippen LogP contribution in [0.4, 0.5) is 5.69 Å². The number of fused-ring (bicyclic) bond motifs is 3. The molecule has 2 atom stereocenters. The minimum absolute atomic E-state index is 0.0325. The van der Waals surface area contributed by atoms with Crippen LogP contribution in [0, 0.1) is 5.41 Å². The van der Waals surface area contributed by atoms with Gasteiger partial charge in [-0.25, -0.2) is 0 Å². The Bertz CT molecular complexity index is 687. The summed E-state index contributed by atoms with van der Waals surface area (Å²) in [5.74, 6) is 0. The maximum atomic E-state index is 4.19. The van der Waals surface area contributed by atoms with Crippen LogP contribution in [0.1, 0.15) is 39.7 Å². The van der Waals surface area contributed by atoms with Gasteiger partial charge >= 0.3 is 0 Å². The minimum atomic E-state index is 0.0325. The Morgan fingerprint density at radius 2 is 2.12 bits per heavy atom. The van der Waals surface area contributed by atoms with Gasteiger partial charge in [0.05, 0.1) is 6.17 Å². The van der Waals surface area contributed by atoms with E-state index in [4.69, 9.17) is 0 Å². The molecule has 1 aromatic carbocycles. The molecular weight excluding hydrogens is 360 g/mol. The Balaban J connectivity index is 2.23. The number of likely N-dealkylation sites (tertiary alicyclic amines) is 1. The van der Waals surface area contributed by atoms with Gasteiger partial charge in [-0.1, -0.05) is 53.6 Å². The number of allylic oxidation sites excluding steroid dienone is 2. The van der Waals surface area contributed by atoms with Crippen molar-refractivity contribution in [1.29, 1.82) is 0 Å². The third-order valence-electron chi connectivity index (χ3n) is 6.12. The standard InChI is InChI=1S/C21H29BrN2/c1-7-20(4,5)21-11-13-23(6)19(21)24(12-10-15(2)3)18-14-16(22)8-9-17(18)21/h7-10,14,19H,1,11-13H2,2-6H3. The summed E-state index contributed by atoms with van der Waals surface area (Å²) in [6, 6.07) is 6.82. The number of hydrogen-bond donors (Lipinski definition) is 0. The van der Waals surface area contributed by atoms with E-state index in [1.165, 1.54) is 23.2 Å². The van der Waals surface area contributed by atoms with Gasteiger partial charge in [-0.2, -0.15) is 0 Å². The summed E-state index contributed by atoms with van der Waals surface area (Å²) in [5, 5.41) is 0. The first-order chi connectivity index (χ1) is 11.2. The van der Waals surface area contributed by atoms with Crippen molar-refractivity contribution in [2.75, 3.05) is 25.0 Å². The van der Waals surface area contributed by atoms with E-state index in [0.29, 0.717) is 6.17 Å². The van der Waals surface area contributed by atoms with Gasteiger partial charge in [0, 0.05) is 28.7 Å². The number of anilines is 1. The van der Waals surface area contributed by atoms with Gasteiger partial charge in [-0.05, 0) is 50.4 Å². The Morgan fingerprint density at radius 3 is 2.75 bits per heavy atom. The second-order valence-corrected chi connectivity index (χ2v) is 9.01. The zero-order chi connectivity index (χ0) is 17.7. The van der Waals surface area contributed by atoms with Gasteiger partial charge in [0.15, 0.2) is 0 Å². The van der Waals surface area contributed by atoms with Crippen LogP contribution in [0.3, 0.4) is 0 Å². The molecule has 1 aromatic rings. The number of nitrogens with zero attached hydrogens (tertiary/aromatic N) is 2. The van der Waals surface area contributed by atoms with Gasteiger partial charge in [0.2, 0.25) is 0 Å². The molecule has 0 N–H and O–H groups in total. The van der Waals surface area contributed by atoms with Crippen LogP contribution in [0.15, 0.2) is 47.0 Å². The molecule has 0 saturated carbocycles. The minimum Gasteiger partial charge on any atom is -0.351 e. The summed E-state index contributed by atoms with van der Waals surface area (Å²) in [6.45, 7) is 15.3. The van der Waals surface area contributed by atoms with Crippen LogP contribution >= 0.6 is 15.9 Å². The van der Waals surface area contributed by atoms with Gasteiger partial charge in [-0.3, -0.25) is 4.90 Å². The van der Waals surface area contributed by atoms with Crippen molar-refractivity contribution in [3.05, 3.63) is 52.5 Å². The average molecular weight is 389 g/mol. The van der Waals surface area contributed by atoms with Crippen LogP contribution < -0.4 is 4.90 Å². The number of likely N-dealkylation sites (N-methyl/N-ethyl adjacent to an activating group) is 1. The van der Waals surface area contributed by atoms with Crippen molar-refractivity contribution < 1.29 is 0 Å². The first-order valence-electron chi connectivity index (χ1n) is 8.78. The quantitative estimate of drug-likeness (QED) is 0.641. The molecule has 0 spiro atoms. The summed E-state index contributed by atoms with van der Waals surface area (Å²) in [5.41, 5.74) is 4.34. The first kappa shape index (κ1) is 17.8. The van der Waals surface area contributed by atoms with E-state index in [9.17, 15) is 0 Å². The Morgan fingerprint density at radius 1 is 1.42 bits per heavy atom. The van der Waals surface area contributed by atoms with E-state index in [1.54, 1.807) is 0 Å². The van der Waals surface area contributed by atoms with Crippen LogP contribution in [0.25, 0.3) is 0 Å². The summed E-state index contributed by atoms with van der Waals surface area (Å²) in [6.07, 6.45) is 6.06. The summed E-state index contributed by atoms with van der Waals surface area (Å²) < 4.78 is 1.15. The summed E-state index contributed by atoms with van der Waals surface area (Å²) >= 11 is 3.68. The molecule has 2 unspecified atom stereocenters. The fourth-order valence-electron chi connectivity index (χ4n) is 4.67. The van der Waals surface area contributed by atoms with E-state index in [2.05, 4.69) is 97.4 Å². The third kappa shape index (κ3) is 2.40. The highest BCUT2D eigenvalue weighted by Crippen LogP contribution is 2.60. The monoisotopic (exact) mass is 388 g/mol.